The van der Waals surface area contributed by atoms with Crippen LogP contribution in [-0.4, -0.2) is 49.1 Å². The molecule has 1 unspecified atom stereocenters. The van der Waals surface area contributed by atoms with Crippen molar-refractivity contribution in [2.75, 3.05) is 13.1 Å². The third-order valence-electron chi connectivity index (χ3n) is 5.36. The molecule has 2 atom stereocenters. The van der Waals surface area contributed by atoms with Gasteiger partial charge >= 0.3 is 0 Å². The normalized spacial score (nSPS) is 18.4. The first kappa shape index (κ1) is 17.5. The van der Waals surface area contributed by atoms with Gasteiger partial charge < -0.3 is 9.47 Å². The summed E-state index contributed by atoms with van der Waals surface area (Å²) in [5.41, 5.74) is 1.93. The lowest BCUT2D eigenvalue weighted by atomic mass is 9.94. The second-order valence-electron chi connectivity index (χ2n) is 7.18. The molecule has 1 fully saturated rings. The standard InChI is InChI=1S/C20H24N6O/c1-15(17-8-3-2-4-9-17)26-12-6-10-18(26)20(27)25-11-5-7-16(14-25)13-19-21-23-24-22-19/h2-4,6,8-10,12,15-16H,5,7,11,13-14H2,1H3,(H,21,22,23,24)/t15-,16?/m0/s1. The van der Waals surface area contributed by atoms with E-state index in [1.54, 1.807) is 0 Å². The number of H-pyrrole nitrogens is 1. The highest BCUT2D eigenvalue weighted by Gasteiger charge is 2.27. The number of piperidine rings is 1. The number of amides is 1. The van der Waals surface area contributed by atoms with Crippen LogP contribution < -0.4 is 0 Å². The van der Waals surface area contributed by atoms with Gasteiger partial charge in [-0.2, -0.15) is 5.21 Å². The molecule has 0 bridgehead atoms. The van der Waals surface area contributed by atoms with Crippen molar-refractivity contribution in [3.8, 4) is 0 Å². The predicted octanol–water partition coefficient (Wildman–Crippen LogP) is 2.71. The summed E-state index contributed by atoms with van der Waals surface area (Å²) in [7, 11) is 0. The smallest absolute Gasteiger partial charge is 0.270 e. The molecule has 2 aromatic heterocycles. The number of aromatic nitrogens is 5. The SMILES string of the molecule is C[C@@H](c1ccccc1)n1cccc1C(=O)N1CCCC(Cc2nn[nH]n2)C1. The van der Waals surface area contributed by atoms with Gasteiger partial charge in [-0.3, -0.25) is 4.79 Å². The van der Waals surface area contributed by atoms with E-state index < -0.39 is 0 Å². The first-order valence-electron chi connectivity index (χ1n) is 9.45. The predicted molar refractivity (Wildman–Crippen MR) is 101 cm³/mol. The summed E-state index contributed by atoms with van der Waals surface area (Å²) < 4.78 is 2.07. The number of carbonyl (C=O) groups is 1. The molecule has 7 heteroatoms. The third-order valence-corrected chi connectivity index (χ3v) is 5.36. The highest BCUT2D eigenvalue weighted by molar-refractivity contribution is 5.93. The summed E-state index contributed by atoms with van der Waals surface area (Å²) in [6.07, 6.45) is 4.83. The molecular weight excluding hydrogens is 340 g/mol. The summed E-state index contributed by atoms with van der Waals surface area (Å²) in [5.74, 6) is 1.19. The minimum absolute atomic E-state index is 0.0978. The van der Waals surface area contributed by atoms with Gasteiger partial charge in [0, 0.05) is 25.7 Å². The van der Waals surface area contributed by atoms with Gasteiger partial charge in [0.05, 0.1) is 6.04 Å². The quantitative estimate of drug-likeness (QED) is 0.755. The van der Waals surface area contributed by atoms with E-state index in [2.05, 4.69) is 44.2 Å². The maximum atomic E-state index is 13.2. The molecule has 3 aromatic rings. The molecular formula is C20H24N6O. The van der Waals surface area contributed by atoms with E-state index in [0.29, 0.717) is 5.92 Å². The Morgan fingerprint density at radius 2 is 2.11 bits per heavy atom. The summed E-state index contributed by atoms with van der Waals surface area (Å²) in [6.45, 7) is 3.66. The van der Waals surface area contributed by atoms with E-state index in [0.717, 1.165) is 43.9 Å². The number of benzene rings is 1. The maximum absolute atomic E-state index is 13.2. The topological polar surface area (TPSA) is 79.7 Å². The van der Waals surface area contributed by atoms with Gasteiger partial charge in [-0.1, -0.05) is 35.5 Å². The number of nitrogens with one attached hydrogen (secondary N) is 1. The molecule has 7 nitrogen and oxygen atoms in total. The van der Waals surface area contributed by atoms with Crippen LogP contribution in [0.15, 0.2) is 48.7 Å². The zero-order chi connectivity index (χ0) is 18.6. The Kier molecular flexibility index (Phi) is 5.00. The lowest BCUT2D eigenvalue weighted by Gasteiger charge is -2.33. The monoisotopic (exact) mass is 364 g/mol. The van der Waals surface area contributed by atoms with Gasteiger partial charge in [0.1, 0.15) is 5.69 Å². The fourth-order valence-corrected chi connectivity index (χ4v) is 3.91. The molecule has 0 saturated carbocycles. The fraction of sp³-hybridized carbons (Fsp3) is 0.400. The molecule has 0 aliphatic carbocycles. The molecule has 4 rings (SSSR count). The maximum Gasteiger partial charge on any atom is 0.270 e. The second-order valence-corrected chi connectivity index (χ2v) is 7.18. The highest BCUT2D eigenvalue weighted by Crippen LogP contribution is 2.24. The number of hydrogen-bond acceptors (Lipinski definition) is 4. The Bertz CT molecular complexity index is 873. The van der Waals surface area contributed by atoms with Gasteiger partial charge in [-0.25, -0.2) is 0 Å². The fourth-order valence-electron chi connectivity index (χ4n) is 3.91. The average molecular weight is 364 g/mol. The van der Waals surface area contributed by atoms with E-state index >= 15 is 0 Å². The first-order valence-corrected chi connectivity index (χ1v) is 9.45. The van der Waals surface area contributed by atoms with Crippen LogP contribution in [0, 0.1) is 5.92 Å². The Morgan fingerprint density at radius 3 is 2.89 bits per heavy atom. The Morgan fingerprint density at radius 1 is 1.26 bits per heavy atom. The number of carbonyl (C=O) groups excluding carboxylic acids is 1. The Balaban J connectivity index is 1.49. The zero-order valence-electron chi connectivity index (χ0n) is 15.5. The number of nitrogens with zero attached hydrogens (tertiary/aromatic N) is 5. The molecule has 1 N–H and O–H groups in total. The van der Waals surface area contributed by atoms with E-state index in [4.69, 9.17) is 0 Å². The lowest BCUT2D eigenvalue weighted by Crippen LogP contribution is -2.41. The Hall–Kier alpha value is -2.96. The number of rotatable bonds is 5. The summed E-state index contributed by atoms with van der Waals surface area (Å²) in [5, 5.41) is 14.2. The van der Waals surface area contributed by atoms with Crippen molar-refractivity contribution in [1.82, 2.24) is 30.1 Å². The Labute approximate surface area is 158 Å². The van der Waals surface area contributed by atoms with Gasteiger partial charge in [0.25, 0.3) is 5.91 Å². The number of tetrazole rings is 1. The van der Waals surface area contributed by atoms with Crippen molar-refractivity contribution in [3.63, 3.8) is 0 Å². The van der Waals surface area contributed by atoms with Crippen LogP contribution in [0.2, 0.25) is 0 Å². The van der Waals surface area contributed by atoms with Crippen molar-refractivity contribution in [3.05, 3.63) is 65.7 Å². The minimum Gasteiger partial charge on any atom is -0.337 e. The third kappa shape index (κ3) is 3.77. The van der Waals surface area contributed by atoms with Gasteiger partial charge in [-0.15, -0.1) is 10.2 Å². The van der Waals surface area contributed by atoms with Crippen LogP contribution in [0.1, 0.15) is 47.7 Å². The molecule has 3 heterocycles. The van der Waals surface area contributed by atoms with Crippen LogP contribution >= 0.6 is 0 Å². The van der Waals surface area contributed by atoms with Crippen molar-refractivity contribution in [1.29, 1.82) is 0 Å². The zero-order valence-corrected chi connectivity index (χ0v) is 15.5. The van der Waals surface area contributed by atoms with Crippen molar-refractivity contribution in [2.24, 2.45) is 5.92 Å². The molecule has 1 aliphatic rings. The summed E-state index contributed by atoms with van der Waals surface area (Å²) in [6, 6.07) is 14.3. The van der Waals surface area contributed by atoms with Gasteiger partial charge in [-0.05, 0) is 43.4 Å². The van der Waals surface area contributed by atoms with E-state index in [9.17, 15) is 4.79 Å². The van der Waals surface area contributed by atoms with Crippen LogP contribution in [0.5, 0.6) is 0 Å². The van der Waals surface area contributed by atoms with E-state index in [1.807, 2.05) is 41.4 Å². The summed E-state index contributed by atoms with van der Waals surface area (Å²) in [4.78, 5) is 15.2. The molecule has 140 valence electrons. The van der Waals surface area contributed by atoms with Crippen LogP contribution in [0.25, 0.3) is 0 Å². The molecule has 1 amide bonds. The van der Waals surface area contributed by atoms with Gasteiger partial charge in [0.15, 0.2) is 5.82 Å². The highest BCUT2D eigenvalue weighted by atomic mass is 16.2. The second kappa shape index (κ2) is 7.73. The van der Waals surface area contributed by atoms with Crippen LogP contribution in [-0.2, 0) is 6.42 Å². The average Bonchev–Trinajstić information content (AvgIpc) is 3.40. The summed E-state index contributed by atoms with van der Waals surface area (Å²) >= 11 is 0. The largest absolute Gasteiger partial charge is 0.337 e. The molecule has 1 saturated heterocycles. The number of aromatic amines is 1. The van der Waals surface area contributed by atoms with Crippen LogP contribution in [0.4, 0.5) is 0 Å². The van der Waals surface area contributed by atoms with Crippen LogP contribution in [0.3, 0.4) is 0 Å². The minimum atomic E-state index is 0.0978. The molecule has 1 aliphatic heterocycles. The van der Waals surface area contributed by atoms with Crippen molar-refractivity contribution >= 4 is 5.91 Å². The van der Waals surface area contributed by atoms with Gasteiger partial charge in [0.2, 0.25) is 0 Å². The molecule has 27 heavy (non-hydrogen) atoms. The van der Waals surface area contributed by atoms with Crippen molar-refractivity contribution in [2.45, 2.75) is 32.2 Å². The van der Waals surface area contributed by atoms with E-state index in [1.165, 1.54) is 5.56 Å². The first-order chi connectivity index (χ1) is 13.2. The van der Waals surface area contributed by atoms with Crippen molar-refractivity contribution < 1.29 is 4.79 Å². The number of likely N-dealkylation sites (tertiary alicyclic amines) is 1. The molecule has 1 aromatic carbocycles. The van der Waals surface area contributed by atoms with E-state index in [-0.39, 0.29) is 11.9 Å². The molecule has 0 radical (unpaired) electrons. The molecule has 0 spiro atoms. The lowest BCUT2D eigenvalue weighted by molar-refractivity contribution is 0.0660. The number of hydrogen-bond donors (Lipinski definition) is 1.